The lowest BCUT2D eigenvalue weighted by Crippen LogP contribution is -2.11. The van der Waals surface area contributed by atoms with E-state index in [0.29, 0.717) is 22.3 Å². The van der Waals surface area contributed by atoms with Gasteiger partial charge in [0.15, 0.2) is 5.82 Å². The zero-order valence-electron chi connectivity index (χ0n) is 12.0. The van der Waals surface area contributed by atoms with Crippen LogP contribution in [0.15, 0.2) is 53.7 Å². The molecule has 0 saturated carbocycles. The van der Waals surface area contributed by atoms with Crippen LogP contribution in [0.25, 0.3) is 11.4 Å². The van der Waals surface area contributed by atoms with Crippen LogP contribution in [0.3, 0.4) is 0 Å². The highest BCUT2D eigenvalue weighted by atomic mass is 32.2. The van der Waals surface area contributed by atoms with Gasteiger partial charge in [0.2, 0.25) is 5.16 Å². The van der Waals surface area contributed by atoms with Gasteiger partial charge in [0.25, 0.3) is 0 Å². The Labute approximate surface area is 132 Å². The van der Waals surface area contributed by atoms with Crippen molar-refractivity contribution in [1.29, 1.82) is 0 Å². The molecule has 1 heterocycles. The van der Waals surface area contributed by atoms with Gasteiger partial charge in [0.1, 0.15) is 5.82 Å². The van der Waals surface area contributed by atoms with Crippen molar-refractivity contribution in [2.24, 2.45) is 0 Å². The molecule has 0 aliphatic rings. The van der Waals surface area contributed by atoms with Crippen LogP contribution in [0.5, 0.6) is 0 Å². The first-order valence-corrected chi connectivity index (χ1v) is 7.77. The maximum Gasteiger partial charge on any atom is 0.210 e. The van der Waals surface area contributed by atoms with Crippen LogP contribution in [0.2, 0.25) is 0 Å². The molecule has 6 heteroatoms. The van der Waals surface area contributed by atoms with E-state index in [1.54, 1.807) is 12.1 Å². The fourth-order valence-electron chi connectivity index (χ4n) is 2.11. The van der Waals surface area contributed by atoms with Crippen molar-refractivity contribution >= 4 is 11.8 Å². The maximum absolute atomic E-state index is 13.6. The largest absolute Gasteiger partial charge is 0.335 e. The minimum Gasteiger partial charge on any atom is -0.335 e. The summed E-state index contributed by atoms with van der Waals surface area (Å²) in [6.45, 7) is 2.01. The third-order valence-corrected chi connectivity index (χ3v) is 4.25. The first-order valence-electron chi connectivity index (χ1n) is 6.79. The van der Waals surface area contributed by atoms with Crippen molar-refractivity contribution in [2.45, 2.75) is 17.8 Å². The number of nitrogen functional groups attached to an aromatic ring is 1. The van der Waals surface area contributed by atoms with Gasteiger partial charge in [-0.05, 0) is 24.6 Å². The third-order valence-electron chi connectivity index (χ3n) is 3.26. The van der Waals surface area contributed by atoms with Crippen LogP contribution < -0.4 is 5.84 Å². The van der Waals surface area contributed by atoms with Gasteiger partial charge in [0.05, 0.1) is 0 Å². The fourth-order valence-corrected chi connectivity index (χ4v) is 2.96. The lowest BCUT2D eigenvalue weighted by molar-refractivity contribution is 0.617. The molecule has 0 radical (unpaired) electrons. The molecule has 1 aromatic heterocycles. The average Bonchev–Trinajstić information content (AvgIpc) is 2.87. The summed E-state index contributed by atoms with van der Waals surface area (Å²) in [6.07, 6.45) is 0. The summed E-state index contributed by atoms with van der Waals surface area (Å²) in [5, 5.41) is 8.79. The average molecular weight is 314 g/mol. The molecule has 0 saturated heterocycles. The van der Waals surface area contributed by atoms with Crippen molar-refractivity contribution in [3.8, 4) is 11.4 Å². The van der Waals surface area contributed by atoms with E-state index in [2.05, 4.69) is 10.2 Å². The molecule has 2 aromatic carbocycles. The second-order valence-electron chi connectivity index (χ2n) is 4.93. The second-order valence-corrected chi connectivity index (χ2v) is 5.87. The molecular formula is C16H15FN4S. The van der Waals surface area contributed by atoms with E-state index in [-0.39, 0.29) is 5.82 Å². The van der Waals surface area contributed by atoms with E-state index in [4.69, 9.17) is 5.84 Å². The normalized spacial score (nSPS) is 10.8. The molecule has 2 N–H and O–H groups in total. The van der Waals surface area contributed by atoms with E-state index in [9.17, 15) is 4.39 Å². The highest BCUT2D eigenvalue weighted by Gasteiger charge is 2.13. The number of hydrogen-bond donors (Lipinski definition) is 1. The van der Waals surface area contributed by atoms with E-state index < -0.39 is 0 Å². The summed E-state index contributed by atoms with van der Waals surface area (Å²) in [4.78, 5) is 0. The summed E-state index contributed by atoms with van der Waals surface area (Å²) in [5.41, 5.74) is 2.65. The molecule has 0 atom stereocenters. The molecule has 0 aliphatic heterocycles. The number of halogens is 1. The zero-order valence-corrected chi connectivity index (χ0v) is 12.8. The first kappa shape index (κ1) is 14.6. The molecule has 3 aromatic rings. The van der Waals surface area contributed by atoms with Crippen LogP contribution in [0.4, 0.5) is 4.39 Å². The van der Waals surface area contributed by atoms with Crippen LogP contribution in [0.1, 0.15) is 11.1 Å². The number of hydrogen-bond acceptors (Lipinski definition) is 4. The van der Waals surface area contributed by atoms with Gasteiger partial charge in [0, 0.05) is 11.3 Å². The zero-order chi connectivity index (χ0) is 15.5. The Kier molecular flexibility index (Phi) is 4.11. The fraction of sp³-hybridized carbons (Fsp3) is 0.125. The molecular weight excluding hydrogens is 299 g/mol. The minimum atomic E-state index is -0.225. The smallest absolute Gasteiger partial charge is 0.210 e. The third kappa shape index (κ3) is 2.96. The Bertz CT molecular complexity index is 800. The van der Waals surface area contributed by atoms with Gasteiger partial charge in [-0.15, -0.1) is 10.2 Å². The molecule has 0 aliphatic carbocycles. The predicted molar refractivity (Wildman–Crippen MR) is 86.3 cm³/mol. The molecule has 0 spiro atoms. The molecule has 3 rings (SSSR count). The lowest BCUT2D eigenvalue weighted by Gasteiger charge is -2.05. The van der Waals surface area contributed by atoms with Gasteiger partial charge < -0.3 is 5.84 Å². The van der Waals surface area contributed by atoms with E-state index in [1.807, 2.05) is 37.3 Å². The standard InChI is InChI=1S/C16H15FN4S/c1-11-5-4-7-12(9-11)15-19-20-16(21(15)18)22-10-13-6-2-3-8-14(13)17/h2-9H,10,18H2,1H3. The van der Waals surface area contributed by atoms with Crippen molar-refractivity contribution in [3.05, 3.63) is 65.5 Å². The van der Waals surface area contributed by atoms with Crippen LogP contribution in [-0.4, -0.2) is 14.9 Å². The van der Waals surface area contributed by atoms with Gasteiger partial charge in [-0.2, -0.15) is 0 Å². The molecule has 0 amide bonds. The summed E-state index contributed by atoms with van der Waals surface area (Å²) in [6, 6.07) is 14.6. The van der Waals surface area contributed by atoms with Gasteiger partial charge >= 0.3 is 0 Å². The number of aromatic nitrogens is 3. The second kappa shape index (κ2) is 6.19. The van der Waals surface area contributed by atoms with Crippen LogP contribution in [-0.2, 0) is 5.75 Å². The van der Waals surface area contributed by atoms with Crippen molar-refractivity contribution in [1.82, 2.24) is 14.9 Å². The van der Waals surface area contributed by atoms with Gasteiger partial charge in [-0.1, -0.05) is 53.7 Å². The number of benzene rings is 2. The van der Waals surface area contributed by atoms with Crippen LogP contribution >= 0.6 is 11.8 Å². The quantitative estimate of drug-likeness (QED) is 0.592. The number of aryl methyl sites for hydroxylation is 1. The molecule has 0 unspecified atom stereocenters. The minimum absolute atomic E-state index is 0.225. The van der Waals surface area contributed by atoms with Crippen molar-refractivity contribution in [2.75, 3.05) is 5.84 Å². The Morgan fingerprint density at radius 3 is 2.73 bits per heavy atom. The molecule has 0 fully saturated rings. The van der Waals surface area contributed by atoms with Gasteiger partial charge in [-0.25, -0.2) is 9.07 Å². The number of nitrogens with zero attached hydrogens (tertiary/aromatic N) is 3. The Morgan fingerprint density at radius 1 is 1.14 bits per heavy atom. The molecule has 112 valence electrons. The monoisotopic (exact) mass is 314 g/mol. The van der Waals surface area contributed by atoms with Crippen LogP contribution in [0, 0.1) is 12.7 Å². The highest BCUT2D eigenvalue weighted by molar-refractivity contribution is 7.98. The Morgan fingerprint density at radius 2 is 1.95 bits per heavy atom. The van der Waals surface area contributed by atoms with E-state index in [1.165, 1.54) is 22.5 Å². The SMILES string of the molecule is Cc1cccc(-c2nnc(SCc3ccccc3F)n2N)c1. The van der Waals surface area contributed by atoms with Gasteiger partial charge in [-0.3, -0.25) is 0 Å². The lowest BCUT2D eigenvalue weighted by atomic mass is 10.1. The summed E-state index contributed by atoms with van der Waals surface area (Å²) in [5.74, 6) is 6.89. The summed E-state index contributed by atoms with van der Waals surface area (Å²) in [7, 11) is 0. The Hall–Kier alpha value is -2.34. The number of nitrogens with two attached hydrogens (primary N) is 1. The topological polar surface area (TPSA) is 56.7 Å². The van der Waals surface area contributed by atoms with Crippen molar-refractivity contribution < 1.29 is 4.39 Å². The number of rotatable bonds is 4. The Balaban J connectivity index is 1.81. The molecule has 4 nitrogen and oxygen atoms in total. The molecule has 22 heavy (non-hydrogen) atoms. The summed E-state index contributed by atoms with van der Waals surface area (Å²) >= 11 is 1.36. The maximum atomic E-state index is 13.6. The summed E-state index contributed by atoms with van der Waals surface area (Å²) < 4.78 is 15.1. The predicted octanol–water partition coefficient (Wildman–Crippen LogP) is 3.40. The molecule has 0 bridgehead atoms. The highest BCUT2D eigenvalue weighted by Crippen LogP contribution is 2.25. The first-order chi connectivity index (χ1) is 10.6. The number of thioether (sulfide) groups is 1. The van der Waals surface area contributed by atoms with E-state index >= 15 is 0 Å². The van der Waals surface area contributed by atoms with E-state index in [0.717, 1.165) is 11.1 Å². The van der Waals surface area contributed by atoms with Crippen molar-refractivity contribution in [3.63, 3.8) is 0 Å².